The first kappa shape index (κ1) is 16.9. The molecule has 0 spiro atoms. The highest BCUT2D eigenvalue weighted by molar-refractivity contribution is 5.94. The molecule has 0 radical (unpaired) electrons. The topological polar surface area (TPSA) is 64.6 Å². The number of hydrogen-bond acceptors (Lipinski definition) is 4. The minimum Gasteiger partial charge on any atom is -0.488 e. The molecule has 2 aromatic rings. The van der Waals surface area contributed by atoms with Gasteiger partial charge in [-0.1, -0.05) is 0 Å². The van der Waals surface area contributed by atoms with Crippen LogP contribution in [-0.2, 0) is 11.2 Å². The number of esters is 1. The third-order valence-corrected chi connectivity index (χ3v) is 3.89. The van der Waals surface area contributed by atoms with Crippen molar-refractivity contribution in [3.63, 3.8) is 0 Å². The van der Waals surface area contributed by atoms with E-state index in [-0.39, 0.29) is 18.2 Å². The van der Waals surface area contributed by atoms with Gasteiger partial charge in [0.25, 0.3) is 5.91 Å². The molecule has 1 unspecified atom stereocenters. The normalized spacial score (nSPS) is 15.2. The summed E-state index contributed by atoms with van der Waals surface area (Å²) in [7, 11) is 1.31. The lowest BCUT2D eigenvalue weighted by molar-refractivity contribution is 0.0600. The Hall–Kier alpha value is -2.96. The number of ether oxygens (including phenoxy) is 2. The molecule has 1 heterocycles. The molecule has 3 rings (SSSR count). The molecule has 2 aromatic carbocycles. The van der Waals surface area contributed by atoms with Crippen LogP contribution >= 0.6 is 0 Å². The highest BCUT2D eigenvalue weighted by atomic mass is 19.2. The predicted molar refractivity (Wildman–Crippen MR) is 84.6 cm³/mol. The molecule has 0 aromatic heterocycles. The van der Waals surface area contributed by atoms with Crippen molar-refractivity contribution in [1.29, 1.82) is 0 Å². The number of carbonyl (C=O) groups is 2. The molecule has 0 fully saturated rings. The van der Waals surface area contributed by atoms with Crippen molar-refractivity contribution in [3.8, 4) is 5.75 Å². The molecule has 1 aliphatic heterocycles. The highest BCUT2D eigenvalue weighted by Crippen LogP contribution is 2.29. The molecule has 0 saturated heterocycles. The van der Waals surface area contributed by atoms with E-state index in [1.807, 2.05) is 0 Å². The van der Waals surface area contributed by atoms with Crippen molar-refractivity contribution in [2.75, 3.05) is 13.7 Å². The van der Waals surface area contributed by atoms with E-state index in [0.29, 0.717) is 17.7 Å². The van der Waals surface area contributed by atoms with Crippen LogP contribution in [-0.4, -0.2) is 31.6 Å². The SMILES string of the molecule is COC(=O)c1ccc2c(c1)CC(CNC(=O)c1ccc(F)c(F)c1)O2. The van der Waals surface area contributed by atoms with Gasteiger partial charge in [-0.15, -0.1) is 0 Å². The minimum atomic E-state index is -1.08. The molecule has 1 amide bonds. The molecule has 1 N–H and O–H groups in total. The van der Waals surface area contributed by atoms with Crippen LogP contribution in [0.15, 0.2) is 36.4 Å². The summed E-state index contributed by atoms with van der Waals surface area (Å²) in [6, 6.07) is 7.93. The van der Waals surface area contributed by atoms with Crippen LogP contribution in [0.5, 0.6) is 5.75 Å². The van der Waals surface area contributed by atoms with Gasteiger partial charge >= 0.3 is 5.97 Å². The van der Waals surface area contributed by atoms with E-state index in [4.69, 9.17) is 4.74 Å². The van der Waals surface area contributed by atoms with E-state index in [0.717, 1.165) is 17.7 Å². The smallest absolute Gasteiger partial charge is 0.337 e. The number of benzene rings is 2. The van der Waals surface area contributed by atoms with Gasteiger partial charge in [-0.05, 0) is 42.0 Å². The summed E-state index contributed by atoms with van der Waals surface area (Å²) in [5, 5.41) is 2.63. The zero-order valence-electron chi connectivity index (χ0n) is 13.3. The fourth-order valence-corrected chi connectivity index (χ4v) is 2.63. The fourth-order valence-electron chi connectivity index (χ4n) is 2.63. The summed E-state index contributed by atoms with van der Waals surface area (Å²) < 4.78 is 36.5. The Morgan fingerprint density at radius 2 is 1.92 bits per heavy atom. The van der Waals surface area contributed by atoms with E-state index in [2.05, 4.69) is 10.1 Å². The maximum atomic E-state index is 13.2. The Morgan fingerprint density at radius 1 is 1.16 bits per heavy atom. The number of halogens is 2. The molecular formula is C18H15F2NO4. The van der Waals surface area contributed by atoms with Crippen LogP contribution in [0.3, 0.4) is 0 Å². The maximum absolute atomic E-state index is 13.2. The molecule has 1 aliphatic rings. The van der Waals surface area contributed by atoms with Gasteiger partial charge < -0.3 is 14.8 Å². The Bertz CT molecular complexity index is 838. The average Bonchev–Trinajstić information content (AvgIpc) is 3.03. The van der Waals surface area contributed by atoms with Gasteiger partial charge in [-0.3, -0.25) is 4.79 Å². The van der Waals surface area contributed by atoms with E-state index in [9.17, 15) is 18.4 Å². The van der Waals surface area contributed by atoms with Crippen molar-refractivity contribution in [3.05, 3.63) is 64.7 Å². The monoisotopic (exact) mass is 347 g/mol. The van der Waals surface area contributed by atoms with Crippen LogP contribution < -0.4 is 10.1 Å². The Labute approximate surface area is 142 Å². The number of hydrogen-bond donors (Lipinski definition) is 1. The molecular weight excluding hydrogens is 332 g/mol. The zero-order chi connectivity index (χ0) is 18.0. The van der Waals surface area contributed by atoms with Crippen LogP contribution in [0.2, 0.25) is 0 Å². The maximum Gasteiger partial charge on any atom is 0.337 e. The van der Waals surface area contributed by atoms with Gasteiger partial charge in [0.2, 0.25) is 0 Å². The summed E-state index contributed by atoms with van der Waals surface area (Å²) in [5.74, 6) is -2.40. The Balaban J connectivity index is 1.60. The van der Waals surface area contributed by atoms with E-state index in [1.54, 1.807) is 18.2 Å². The predicted octanol–water partition coefficient (Wildman–Crippen LogP) is 2.48. The highest BCUT2D eigenvalue weighted by Gasteiger charge is 2.24. The first-order valence-corrected chi connectivity index (χ1v) is 7.59. The lowest BCUT2D eigenvalue weighted by atomic mass is 10.1. The second kappa shape index (κ2) is 6.88. The number of nitrogens with one attached hydrogen (secondary N) is 1. The zero-order valence-corrected chi connectivity index (χ0v) is 13.3. The summed E-state index contributed by atoms with van der Waals surface area (Å²) in [6.45, 7) is 0.195. The van der Waals surface area contributed by atoms with Gasteiger partial charge in [0.1, 0.15) is 11.9 Å². The number of amides is 1. The largest absolute Gasteiger partial charge is 0.488 e. The van der Waals surface area contributed by atoms with E-state index < -0.39 is 23.5 Å². The molecule has 0 saturated carbocycles. The molecule has 130 valence electrons. The molecule has 0 bridgehead atoms. The Morgan fingerprint density at radius 3 is 2.64 bits per heavy atom. The second-order valence-electron chi connectivity index (χ2n) is 5.60. The third-order valence-electron chi connectivity index (χ3n) is 3.89. The quantitative estimate of drug-likeness (QED) is 0.863. The van der Waals surface area contributed by atoms with E-state index >= 15 is 0 Å². The standard InChI is InChI=1S/C18H15F2NO4/c1-24-18(23)11-3-5-16-12(6-11)7-13(25-16)9-21-17(22)10-2-4-14(19)15(20)8-10/h2-6,8,13H,7,9H2,1H3,(H,21,22). The molecule has 5 nitrogen and oxygen atoms in total. The van der Waals surface area contributed by atoms with Crippen molar-refractivity contribution in [2.45, 2.75) is 12.5 Å². The van der Waals surface area contributed by atoms with Crippen molar-refractivity contribution in [1.82, 2.24) is 5.32 Å². The molecule has 7 heteroatoms. The van der Waals surface area contributed by atoms with Gasteiger partial charge in [-0.25, -0.2) is 13.6 Å². The van der Waals surface area contributed by atoms with Gasteiger partial charge in [-0.2, -0.15) is 0 Å². The van der Waals surface area contributed by atoms with E-state index in [1.165, 1.54) is 13.2 Å². The van der Waals surface area contributed by atoms with Crippen molar-refractivity contribution >= 4 is 11.9 Å². The van der Waals surface area contributed by atoms with Crippen molar-refractivity contribution < 1.29 is 27.8 Å². The second-order valence-corrected chi connectivity index (χ2v) is 5.60. The molecule has 25 heavy (non-hydrogen) atoms. The van der Waals surface area contributed by atoms with Crippen molar-refractivity contribution in [2.24, 2.45) is 0 Å². The first-order valence-electron chi connectivity index (χ1n) is 7.59. The van der Waals surface area contributed by atoms with Gasteiger partial charge in [0, 0.05) is 12.0 Å². The van der Waals surface area contributed by atoms with Crippen LogP contribution in [0.4, 0.5) is 8.78 Å². The summed E-state index contributed by atoms with van der Waals surface area (Å²) in [6.07, 6.45) is 0.204. The van der Waals surface area contributed by atoms with Crippen LogP contribution in [0, 0.1) is 11.6 Å². The summed E-state index contributed by atoms with van der Waals surface area (Å²) in [4.78, 5) is 23.5. The lowest BCUT2D eigenvalue weighted by Gasteiger charge is -2.12. The minimum absolute atomic E-state index is 0.0300. The number of rotatable bonds is 4. The third kappa shape index (κ3) is 3.60. The van der Waals surface area contributed by atoms with Crippen LogP contribution in [0.1, 0.15) is 26.3 Å². The first-order chi connectivity index (χ1) is 12.0. The van der Waals surface area contributed by atoms with Crippen LogP contribution in [0.25, 0.3) is 0 Å². The summed E-state index contributed by atoms with van der Waals surface area (Å²) in [5.41, 5.74) is 1.30. The Kier molecular flexibility index (Phi) is 4.65. The molecule has 0 aliphatic carbocycles. The lowest BCUT2D eigenvalue weighted by Crippen LogP contribution is -2.34. The van der Waals surface area contributed by atoms with Gasteiger partial charge in [0.05, 0.1) is 19.2 Å². The molecule has 1 atom stereocenters. The number of carbonyl (C=O) groups excluding carboxylic acids is 2. The fraction of sp³-hybridized carbons (Fsp3) is 0.222. The average molecular weight is 347 g/mol. The summed E-state index contributed by atoms with van der Waals surface area (Å²) >= 11 is 0. The number of fused-ring (bicyclic) bond motifs is 1. The van der Waals surface area contributed by atoms with Gasteiger partial charge in [0.15, 0.2) is 11.6 Å². The number of methoxy groups -OCH3 is 1.